The molecule has 4 nitrogen and oxygen atoms in total. The maximum Gasteiger partial charge on any atom is 0.237 e. The largest absolute Gasteiger partial charge is 0.388 e. The Labute approximate surface area is 116 Å². The van der Waals surface area contributed by atoms with Gasteiger partial charge in [-0.05, 0) is 51.0 Å². The molecule has 1 aliphatic carbocycles. The van der Waals surface area contributed by atoms with E-state index in [0.717, 1.165) is 51.5 Å². The van der Waals surface area contributed by atoms with Crippen LogP contribution in [0.15, 0.2) is 0 Å². The summed E-state index contributed by atoms with van der Waals surface area (Å²) < 4.78 is 0. The molecular formula is C15H28N2O2. The van der Waals surface area contributed by atoms with Crippen molar-refractivity contribution in [1.29, 1.82) is 0 Å². The molecule has 1 amide bonds. The summed E-state index contributed by atoms with van der Waals surface area (Å²) in [5.41, 5.74) is -0.674. The fourth-order valence-corrected chi connectivity index (χ4v) is 3.10. The number of nitrogens with one attached hydrogen (secondary N) is 2. The first-order valence-corrected chi connectivity index (χ1v) is 7.82. The molecule has 2 rings (SSSR count). The van der Waals surface area contributed by atoms with Gasteiger partial charge < -0.3 is 15.7 Å². The van der Waals surface area contributed by atoms with Crippen LogP contribution in [-0.2, 0) is 4.79 Å². The van der Waals surface area contributed by atoms with E-state index in [9.17, 15) is 9.90 Å². The first kappa shape index (κ1) is 14.8. The van der Waals surface area contributed by atoms with Gasteiger partial charge in [-0.3, -0.25) is 4.79 Å². The lowest BCUT2D eigenvalue weighted by atomic mass is 9.79. The summed E-state index contributed by atoms with van der Waals surface area (Å²) in [4.78, 5) is 12.1. The maximum absolute atomic E-state index is 12.1. The van der Waals surface area contributed by atoms with Crippen molar-refractivity contribution in [2.24, 2.45) is 5.92 Å². The third-order valence-corrected chi connectivity index (χ3v) is 4.67. The van der Waals surface area contributed by atoms with E-state index in [1.807, 2.05) is 0 Å². The van der Waals surface area contributed by atoms with E-state index in [4.69, 9.17) is 0 Å². The molecule has 19 heavy (non-hydrogen) atoms. The molecule has 0 radical (unpaired) electrons. The Balaban J connectivity index is 1.76. The molecule has 0 bridgehead atoms. The van der Waals surface area contributed by atoms with Crippen LogP contribution in [0.4, 0.5) is 0 Å². The first-order chi connectivity index (χ1) is 9.09. The van der Waals surface area contributed by atoms with E-state index in [2.05, 4.69) is 17.6 Å². The van der Waals surface area contributed by atoms with E-state index in [-0.39, 0.29) is 11.9 Å². The van der Waals surface area contributed by atoms with Gasteiger partial charge in [0, 0.05) is 6.54 Å². The highest BCUT2D eigenvalue weighted by molar-refractivity contribution is 5.81. The molecule has 1 saturated heterocycles. The van der Waals surface area contributed by atoms with Crippen molar-refractivity contribution in [3.05, 3.63) is 0 Å². The van der Waals surface area contributed by atoms with Crippen LogP contribution in [0.5, 0.6) is 0 Å². The molecular weight excluding hydrogens is 240 g/mol. The predicted molar refractivity (Wildman–Crippen MR) is 75.9 cm³/mol. The monoisotopic (exact) mass is 268 g/mol. The SMILES string of the molecule is CC1CCC(O)(CNC(=O)C2CCCCCN2)CC1. The average molecular weight is 268 g/mol. The summed E-state index contributed by atoms with van der Waals surface area (Å²) in [7, 11) is 0. The highest BCUT2D eigenvalue weighted by Crippen LogP contribution is 2.31. The zero-order chi connectivity index (χ0) is 13.7. The highest BCUT2D eigenvalue weighted by atomic mass is 16.3. The van der Waals surface area contributed by atoms with Gasteiger partial charge >= 0.3 is 0 Å². The summed E-state index contributed by atoms with van der Waals surface area (Å²) in [5, 5.41) is 16.7. The van der Waals surface area contributed by atoms with Crippen LogP contribution in [0, 0.1) is 5.92 Å². The van der Waals surface area contributed by atoms with E-state index >= 15 is 0 Å². The van der Waals surface area contributed by atoms with Gasteiger partial charge in [0.1, 0.15) is 0 Å². The highest BCUT2D eigenvalue weighted by Gasteiger charge is 2.32. The topological polar surface area (TPSA) is 61.4 Å². The molecule has 1 unspecified atom stereocenters. The van der Waals surface area contributed by atoms with Crippen molar-refractivity contribution >= 4 is 5.91 Å². The molecule has 1 saturated carbocycles. The summed E-state index contributed by atoms with van der Waals surface area (Å²) >= 11 is 0. The lowest BCUT2D eigenvalue weighted by Crippen LogP contribution is -2.50. The first-order valence-electron chi connectivity index (χ1n) is 7.82. The summed E-state index contributed by atoms with van der Waals surface area (Å²) in [6.07, 6.45) is 8.15. The van der Waals surface area contributed by atoms with E-state index in [1.54, 1.807) is 0 Å². The summed E-state index contributed by atoms with van der Waals surface area (Å²) in [5.74, 6) is 0.772. The zero-order valence-electron chi connectivity index (χ0n) is 12.1. The van der Waals surface area contributed by atoms with E-state index < -0.39 is 5.60 Å². The molecule has 2 fully saturated rings. The minimum atomic E-state index is -0.674. The Hall–Kier alpha value is -0.610. The number of carbonyl (C=O) groups is 1. The number of rotatable bonds is 3. The second-order valence-corrected chi connectivity index (χ2v) is 6.48. The van der Waals surface area contributed by atoms with Crippen LogP contribution in [0.25, 0.3) is 0 Å². The van der Waals surface area contributed by atoms with Crippen LogP contribution in [-0.4, -0.2) is 35.7 Å². The zero-order valence-corrected chi connectivity index (χ0v) is 12.1. The lowest BCUT2D eigenvalue weighted by molar-refractivity contribution is -0.125. The molecule has 1 atom stereocenters. The normalized spacial score (nSPS) is 36.5. The molecule has 110 valence electrons. The fraction of sp³-hybridized carbons (Fsp3) is 0.933. The third-order valence-electron chi connectivity index (χ3n) is 4.67. The number of hydrogen-bond donors (Lipinski definition) is 3. The Kier molecular flexibility index (Phi) is 5.22. The lowest BCUT2D eigenvalue weighted by Gasteiger charge is -2.35. The van der Waals surface area contributed by atoms with Gasteiger partial charge in [-0.15, -0.1) is 0 Å². The van der Waals surface area contributed by atoms with Crippen molar-refractivity contribution in [2.45, 2.75) is 69.9 Å². The number of amides is 1. The van der Waals surface area contributed by atoms with Gasteiger partial charge in [-0.1, -0.05) is 19.8 Å². The molecule has 0 aromatic carbocycles. The van der Waals surface area contributed by atoms with Gasteiger partial charge in [0.25, 0.3) is 0 Å². The Morgan fingerprint density at radius 1 is 1.26 bits per heavy atom. The molecule has 0 aromatic rings. The summed E-state index contributed by atoms with van der Waals surface area (Å²) in [6.45, 7) is 3.57. The molecule has 0 spiro atoms. The van der Waals surface area contributed by atoms with Gasteiger partial charge in [-0.2, -0.15) is 0 Å². The van der Waals surface area contributed by atoms with Crippen LogP contribution in [0.1, 0.15) is 58.3 Å². The van der Waals surface area contributed by atoms with Gasteiger partial charge in [0.2, 0.25) is 5.91 Å². The minimum Gasteiger partial charge on any atom is -0.388 e. The molecule has 4 heteroatoms. The van der Waals surface area contributed by atoms with Crippen LogP contribution in [0.3, 0.4) is 0 Å². The number of aliphatic hydroxyl groups is 1. The Bertz CT molecular complexity index is 291. The second kappa shape index (κ2) is 6.71. The van der Waals surface area contributed by atoms with Crippen molar-refractivity contribution < 1.29 is 9.90 Å². The van der Waals surface area contributed by atoms with E-state index in [0.29, 0.717) is 12.5 Å². The van der Waals surface area contributed by atoms with Crippen LogP contribution >= 0.6 is 0 Å². The average Bonchev–Trinajstić information content (AvgIpc) is 2.69. The smallest absolute Gasteiger partial charge is 0.237 e. The quantitative estimate of drug-likeness (QED) is 0.728. The molecule has 1 aliphatic heterocycles. The van der Waals surface area contributed by atoms with Crippen molar-refractivity contribution in [3.63, 3.8) is 0 Å². The molecule has 2 aliphatic rings. The number of carbonyl (C=O) groups excluding carboxylic acids is 1. The third kappa shape index (κ3) is 4.46. The standard InChI is InChI=1S/C15H28N2O2/c1-12-6-8-15(19,9-7-12)11-17-14(18)13-5-3-2-4-10-16-13/h12-13,16,19H,2-11H2,1H3,(H,17,18). The van der Waals surface area contributed by atoms with E-state index in [1.165, 1.54) is 6.42 Å². The molecule has 1 heterocycles. The van der Waals surface area contributed by atoms with Gasteiger partial charge in [0.15, 0.2) is 0 Å². The fourth-order valence-electron chi connectivity index (χ4n) is 3.10. The predicted octanol–water partition coefficient (Wildman–Crippen LogP) is 1.58. The minimum absolute atomic E-state index is 0.0615. The van der Waals surface area contributed by atoms with Crippen LogP contribution < -0.4 is 10.6 Å². The Morgan fingerprint density at radius 2 is 2.00 bits per heavy atom. The van der Waals surface area contributed by atoms with Crippen molar-refractivity contribution in [1.82, 2.24) is 10.6 Å². The molecule has 0 aromatic heterocycles. The molecule has 3 N–H and O–H groups in total. The maximum atomic E-state index is 12.1. The van der Waals surface area contributed by atoms with Gasteiger partial charge in [-0.25, -0.2) is 0 Å². The number of hydrogen-bond acceptors (Lipinski definition) is 3. The summed E-state index contributed by atoms with van der Waals surface area (Å²) in [6, 6.07) is -0.0615. The van der Waals surface area contributed by atoms with Gasteiger partial charge in [0.05, 0.1) is 11.6 Å². The van der Waals surface area contributed by atoms with Crippen molar-refractivity contribution in [3.8, 4) is 0 Å². The van der Waals surface area contributed by atoms with Crippen molar-refractivity contribution in [2.75, 3.05) is 13.1 Å². The second-order valence-electron chi connectivity index (χ2n) is 6.48. The van der Waals surface area contributed by atoms with Crippen LogP contribution in [0.2, 0.25) is 0 Å². The Morgan fingerprint density at radius 3 is 2.74 bits per heavy atom.